The number of benzene rings is 2. The SMILES string of the molecule is O=C1Cc2c(cccc2-c2ccccc2)CC12CC1C=CC2C1. The zero-order valence-electron chi connectivity index (χ0n) is 13.2. The number of Topliss-reactive ketones (excluding diaryl/α,β-unsaturated/α-hetero) is 1. The molecule has 0 aliphatic heterocycles. The largest absolute Gasteiger partial charge is 0.299 e. The van der Waals surface area contributed by atoms with Crippen LogP contribution in [0.5, 0.6) is 0 Å². The fourth-order valence-corrected chi connectivity index (χ4v) is 5.15. The average molecular weight is 300 g/mol. The van der Waals surface area contributed by atoms with E-state index in [0.29, 0.717) is 24.0 Å². The van der Waals surface area contributed by atoms with E-state index in [1.165, 1.54) is 28.7 Å². The van der Waals surface area contributed by atoms with Gasteiger partial charge in [0.2, 0.25) is 0 Å². The summed E-state index contributed by atoms with van der Waals surface area (Å²) in [6, 6.07) is 17.0. The number of carbonyl (C=O) groups is 1. The standard InChI is InChI=1S/C22H20O/c23-21-12-20-17(14-22(21)13-15-9-10-18(22)11-15)7-4-8-19(20)16-5-2-1-3-6-16/h1-10,15,18H,11-14H2. The third kappa shape index (κ3) is 1.83. The highest BCUT2D eigenvalue weighted by atomic mass is 16.1. The Morgan fingerprint density at radius 2 is 1.83 bits per heavy atom. The first kappa shape index (κ1) is 13.3. The number of rotatable bonds is 1. The van der Waals surface area contributed by atoms with E-state index >= 15 is 0 Å². The summed E-state index contributed by atoms with van der Waals surface area (Å²) >= 11 is 0. The summed E-state index contributed by atoms with van der Waals surface area (Å²) in [6.45, 7) is 0. The normalized spacial score (nSPS) is 30.9. The zero-order valence-corrected chi connectivity index (χ0v) is 13.2. The van der Waals surface area contributed by atoms with E-state index in [2.05, 4.69) is 54.6 Å². The monoisotopic (exact) mass is 300 g/mol. The summed E-state index contributed by atoms with van der Waals surface area (Å²) < 4.78 is 0. The summed E-state index contributed by atoms with van der Waals surface area (Å²) in [4.78, 5) is 13.1. The first-order chi connectivity index (χ1) is 11.3. The minimum absolute atomic E-state index is 0.0955. The summed E-state index contributed by atoms with van der Waals surface area (Å²) in [5.41, 5.74) is 5.03. The predicted molar refractivity (Wildman–Crippen MR) is 92.1 cm³/mol. The molecule has 1 spiro atoms. The molecule has 3 unspecified atom stereocenters. The topological polar surface area (TPSA) is 17.1 Å². The fraction of sp³-hybridized carbons (Fsp3) is 0.318. The highest BCUT2D eigenvalue weighted by Gasteiger charge is 2.54. The molecule has 0 amide bonds. The van der Waals surface area contributed by atoms with E-state index in [1.54, 1.807) is 0 Å². The number of carbonyl (C=O) groups excluding carboxylic acids is 1. The molecule has 2 aromatic carbocycles. The van der Waals surface area contributed by atoms with Gasteiger partial charge < -0.3 is 0 Å². The second-order valence-electron chi connectivity index (χ2n) is 7.43. The lowest BCUT2D eigenvalue weighted by molar-refractivity contribution is -0.130. The molecule has 0 aromatic heterocycles. The molecule has 0 heterocycles. The Kier molecular flexibility index (Phi) is 2.70. The molecule has 3 atom stereocenters. The van der Waals surface area contributed by atoms with Crippen molar-refractivity contribution in [2.75, 3.05) is 0 Å². The highest BCUT2D eigenvalue weighted by molar-refractivity contribution is 5.92. The van der Waals surface area contributed by atoms with Crippen LogP contribution in [0.4, 0.5) is 0 Å². The second-order valence-corrected chi connectivity index (χ2v) is 7.43. The molecule has 0 saturated heterocycles. The van der Waals surface area contributed by atoms with E-state index in [4.69, 9.17) is 0 Å². The Labute approximate surface area is 137 Å². The van der Waals surface area contributed by atoms with Crippen LogP contribution in [0.1, 0.15) is 24.0 Å². The van der Waals surface area contributed by atoms with Gasteiger partial charge in [0.15, 0.2) is 0 Å². The van der Waals surface area contributed by atoms with Crippen LogP contribution in [0, 0.1) is 17.3 Å². The van der Waals surface area contributed by atoms with Crippen LogP contribution in [-0.2, 0) is 17.6 Å². The van der Waals surface area contributed by atoms with Gasteiger partial charge in [-0.25, -0.2) is 0 Å². The Balaban J connectivity index is 1.61. The Hall–Kier alpha value is -2.15. The van der Waals surface area contributed by atoms with Crippen LogP contribution in [0.25, 0.3) is 11.1 Å². The first-order valence-electron chi connectivity index (χ1n) is 8.64. The maximum atomic E-state index is 13.1. The van der Waals surface area contributed by atoms with E-state index in [9.17, 15) is 4.79 Å². The minimum atomic E-state index is -0.0955. The number of hydrogen-bond donors (Lipinski definition) is 0. The number of allylic oxidation sites excluding steroid dienone is 2. The second kappa shape index (κ2) is 4.67. The summed E-state index contributed by atoms with van der Waals surface area (Å²) in [7, 11) is 0. The predicted octanol–water partition coefficient (Wildman–Crippen LogP) is 4.60. The van der Waals surface area contributed by atoms with Gasteiger partial charge in [-0.3, -0.25) is 4.79 Å². The maximum Gasteiger partial charge on any atom is 0.144 e. The molecule has 1 nitrogen and oxygen atoms in total. The fourth-order valence-electron chi connectivity index (χ4n) is 5.15. The number of fused-ring (bicyclic) bond motifs is 4. The van der Waals surface area contributed by atoms with Crippen molar-refractivity contribution in [2.45, 2.75) is 25.7 Å². The van der Waals surface area contributed by atoms with Crippen LogP contribution in [0.15, 0.2) is 60.7 Å². The van der Waals surface area contributed by atoms with Crippen molar-refractivity contribution < 1.29 is 4.79 Å². The van der Waals surface area contributed by atoms with Gasteiger partial charge in [0, 0.05) is 11.8 Å². The third-order valence-corrected chi connectivity index (χ3v) is 6.26. The lowest BCUT2D eigenvalue weighted by atomic mass is 9.63. The molecule has 114 valence electrons. The van der Waals surface area contributed by atoms with Crippen molar-refractivity contribution in [3.8, 4) is 11.1 Å². The maximum absolute atomic E-state index is 13.1. The molecule has 1 saturated carbocycles. The highest BCUT2D eigenvalue weighted by Crippen LogP contribution is 2.56. The van der Waals surface area contributed by atoms with Gasteiger partial charge in [0.25, 0.3) is 0 Å². The van der Waals surface area contributed by atoms with Crippen LogP contribution in [0.2, 0.25) is 0 Å². The van der Waals surface area contributed by atoms with Crippen molar-refractivity contribution in [3.63, 3.8) is 0 Å². The molecule has 5 rings (SSSR count). The Morgan fingerprint density at radius 3 is 2.57 bits per heavy atom. The lowest BCUT2D eigenvalue weighted by Crippen LogP contribution is -2.42. The molecular formula is C22H20O. The average Bonchev–Trinajstić information content (AvgIpc) is 3.18. The molecule has 3 aliphatic carbocycles. The van der Waals surface area contributed by atoms with E-state index < -0.39 is 0 Å². The van der Waals surface area contributed by atoms with E-state index in [1.807, 2.05) is 6.07 Å². The van der Waals surface area contributed by atoms with Gasteiger partial charge in [-0.1, -0.05) is 60.7 Å². The lowest BCUT2D eigenvalue weighted by Gasteiger charge is -2.39. The van der Waals surface area contributed by atoms with E-state index in [-0.39, 0.29) is 5.41 Å². The molecule has 2 aromatic rings. The van der Waals surface area contributed by atoms with Crippen LogP contribution >= 0.6 is 0 Å². The van der Waals surface area contributed by atoms with Crippen LogP contribution in [0.3, 0.4) is 0 Å². The van der Waals surface area contributed by atoms with Gasteiger partial charge in [-0.15, -0.1) is 0 Å². The zero-order chi connectivity index (χ0) is 15.4. The van der Waals surface area contributed by atoms with Crippen molar-refractivity contribution in [1.82, 2.24) is 0 Å². The number of ketones is 1. The van der Waals surface area contributed by atoms with Crippen molar-refractivity contribution in [2.24, 2.45) is 17.3 Å². The van der Waals surface area contributed by atoms with Gasteiger partial charge >= 0.3 is 0 Å². The molecule has 2 bridgehead atoms. The van der Waals surface area contributed by atoms with Crippen LogP contribution in [-0.4, -0.2) is 5.78 Å². The summed E-state index contributed by atoms with van der Waals surface area (Å²) in [5, 5.41) is 0. The van der Waals surface area contributed by atoms with Gasteiger partial charge in [0.05, 0.1) is 0 Å². The molecule has 0 N–H and O–H groups in total. The van der Waals surface area contributed by atoms with Gasteiger partial charge in [-0.05, 0) is 53.4 Å². The molecule has 23 heavy (non-hydrogen) atoms. The minimum Gasteiger partial charge on any atom is -0.299 e. The van der Waals surface area contributed by atoms with Gasteiger partial charge in [0.1, 0.15) is 5.78 Å². The quantitative estimate of drug-likeness (QED) is 0.703. The Bertz CT molecular complexity index is 817. The smallest absolute Gasteiger partial charge is 0.144 e. The molecular weight excluding hydrogens is 280 g/mol. The summed E-state index contributed by atoms with van der Waals surface area (Å²) in [5.74, 6) is 1.60. The molecule has 1 heteroatoms. The first-order valence-corrected chi connectivity index (χ1v) is 8.64. The van der Waals surface area contributed by atoms with E-state index in [0.717, 1.165) is 12.8 Å². The van der Waals surface area contributed by atoms with Gasteiger partial charge in [-0.2, -0.15) is 0 Å². The van der Waals surface area contributed by atoms with Crippen LogP contribution < -0.4 is 0 Å². The molecule has 0 radical (unpaired) electrons. The van der Waals surface area contributed by atoms with Crippen molar-refractivity contribution in [3.05, 3.63) is 71.8 Å². The Morgan fingerprint density at radius 1 is 0.957 bits per heavy atom. The third-order valence-electron chi connectivity index (χ3n) is 6.26. The molecule has 1 fully saturated rings. The molecule has 3 aliphatic rings. The number of hydrogen-bond acceptors (Lipinski definition) is 1. The van der Waals surface area contributed by atoms with Crippen molar-refractivity contribution >= 4 is 5.78 Å². The van der Waals surface area contributed by atoms with Crippen molar-refractivity contribution in [1.29, 1.82) is 0 Å². The summed E-state index contributed by atoms with van der Waals surface area (Å²) in [6.07, 6.45) is 8.46.